The van der Waals surface area contributed by atoms with Crippen LogP contribution in [0.3, 0.4) is 0 Å². The number of hydrogen-bond acceptors (Lipinski definition) is 3. The fraction of sp³-hybridized carbons (Fsp3) is 0.409. The number of aliphatic hydroxyl groups is 1. The van der Waals surface area contributed by atoms with Crippen molar-refractivity contribution in [3.63, 3.8) is 0 Å². The number of nitrogens with two attached hydrogens (primary N) is 1. The van der Waals surface area contributed by atoms with Gasteiger partial charge in [-0.05, 0) is 36.8 Å². The van der Waals surface area contributed by atoms with Crippen LogP contribution < -0.4 is 15.0 Å². The molecule has 0 unspecified atom stereocenters. The van der Waals surface area contributed by atoms with Gasteiger partial charge in [-0.15, -0.1) is 0 Å². The van der Waals surface area contributed by atoms with Crippen LogP contribution in [0.4, 0.5) is 5.95 Å². The summed E-state index contributed by atoms with van der Waals surface area (Å²) < 4.78 is 9.76. The van der Waals surface area contributed by atoms with Crippen LogP contribution in [0.5, 0.6) is 5.75 Å². The monoisotopic (exact) mass is 436 g/mol. The average Bonchev–Trinajstić information content (AvgIpc) is 2.96. The van der Waals surface area contributed by atoms with Crippen molar-refractivity contribution in [3.8, 4) is 5.75 Å². The molecule has 156 valence electrons. The number of aliphatic hydroxyl groups excluding tert-OH is 1. The summed E-state index contributed by atoms with van der Waals surface area (Å²) >= 11 is 12.0. The fourth-order valence-corrected chi connectivity index (χ4v) is 3.94. The highest BCUT2D eigenvalue weighted by atomic mass is 35.5. The minimum absolute atomic E-state index is 0.101. The summed E-state index contributed by atoms with van der Waals surface area (Å²) in [4.78, 5) is 0. The Morgan fingerprint density at radius 2 is 1.93 bits per heavy atom. The quantitative estimate of drug-likeness (QED) is 0.353. The highest BCUT2D eigenvalue weighted by Gasteiger charge is 2.23. The number of anilines is 1. The van der Waals surface area contributed by atoms with Gasteiger partial charge in [0.25, 0.3) is 0 Å². The summed E-state index contributed by atoms with van der Waals surface area (Å²) in [6.45, 7) is 3.50. The molecular formula is C22H28Cl2N3O2+. The number of benzene rings is 2. The smallest absolute Gasteiger partial charge is 0.356 e. The Labute approximate surface area is 181 Å². The highest BCUT2D eigenvalue weighted by molar-refractivity contribution is 6.35. The molecule has 0 aliphatic rings. The molecule has 3 aromatic rings. The summed E-state index contributed by atoms with van der Waals surface area (Å²) in [7, 11) is 0. The molecule has 2 aromatic carbocycles. The van der Waals surface area contributed by atoms with E-state index in [0.717, 1.165) is 24.0 Å². The lowest BCUT2D eigenvalue weighted by Gasteiger charge is -2.13. The Kier molecular flexibility index (Phi) is 7.64. The summed E-state index contributed by atoms with van der Waals surface area (Å²) in [5.74, 6) is 1.14. The zero-order chi connectivity index (χ0) is 20.8. The van der Waals surface area contributed by atoms with Crippen molar-refractivity contribution < 1.29 is 14.4 Å². The first kappa shape index (κ1) is 21.8. The first-order chi connectivity index (χ1) is 14.0. The lowest BCUT2D eigenvalue weighted by Crippen LogP contribution is -2.43. The number of imidazole rings is 1. The molecule has 0 amide bonds. The second kappa shape index (κ2) is 10.2. The van der Waals surface area contributed by atoms with E-state index < -0.39 is 6.10 Å². The van der Waals surface area contributed by atoms with E-state index in [4.69, 9.17) is 33.7 Å². The third-order valence-corrected chi connectivity index (χ3v) is 5.50. The van der Waals surface area contributed by atoms with Gasteiger partial charge in [0.1, 0.15) is 36.0 Å². The molecule has 1 heterocycles. The van der Waals surface area contributed by atoms with E-state index in [1.165, 1.54) is 19.3 Å². The summed E-state index contributed by atoms with van der Waals surface area (Å²) in [5, 5.41) is 11.5. The minimum Gasteiger partial charge on any atom is -0.489 e. The van der Waals surface area contributed by atoms with Gasteiger partial charge < -0.3 is 9.84 Å². The van der Waals surface area contributed by atoms with Crippen molar-refractivity contribution in [2.24, 2.45) is 0 Å². The number of aromatic nitrogens is 2. The Hall–Kier alpha value is -1.95. The Bertz CT molecular complexity index is 959. The van der Waals surface area contributed by atoms with Crippen LogP contribution in [-0.4, -0.2) is 22.4 Å². The van der Waals surface area contributed by atoms with E-state index in [0.29, 0.717) is 28.3 Å². The van der Waals surface area contributed by atoms with Gasteiger partial charge in [-0.3, -0.25) is 5.73 Å². The molecule has 7 heteroatoms. The van der Waals surface area contributed by atoms with Crippen LogP contribution in [0.15, 0.2) is 42.5 Å². The lowest BCUT2D eigenvalue weighted by atomic mass is 10.2. The van der Waals surface area contributed by atoms with Gasteiger partial charge in [0.15, 0.2) is 0 Å². The Morgan fingerprint density at radius 3 is 2.69 bits per heavy atom. The molecule has 0 aliphatic heterocycles. The van der Waals surface area contributed by atoms with Crippen molar-refractivity contribution >= 4 is 40.2 Å². The predicted molar refractivity (Wildman–Crippen MR) is 119 cm³/mol. The molecule has 0 aliphatic carbocycles. The van der Waals surface area contributed by atoms with Crippen molar-refractivity contribution in [1.82, 2.24) is 4.57 Å². The SMILES string of the molecule is CCCCCCn1c(N)[n+](C[C@H](O)COc2ccc(Cl)cc2Cl)c2ccccc21. The third-order valence-electron chi connectivity index (χ3n) is 4.97. The second-order valence-electron chi connectivity index (χ2n) is 7.21. The molecule has 0 fully saturated rings. The van der Waals surface area contributed by atoms with Crippen LogP contribution in [-0.2, 0) is 13.1 Å². The number of rotatable bonds is 10. The molecule has 5 nitrogen and oxygen atoms in total. The van der Waals surface area contributed by atoms with Gasteiger partial charge in [0.05, 0.1) is 11.6 Å². The van der Waals surface area contributed by atoms with Crippen LogP contribution in [0.2, 0.25) is 10.0 Å². The molecule has 3 rings (SSSR count). The standard InChI is InChI=1S/C22H27Cl2N3O2/c1-2-3-4-7-12-26-19-8-5-6-9-20(19)27(22(26)25)14-17(28)15-29-21-11-10-16(23)13-18(21)24/h5-6,8-11,13,17,25,28H,2-4,7,12,14-15H2,1H3/p+1/t17-/m0/s1. The van der Waals surface area contributed by atoms with Crippen LogP contribution in [0.25, 0.3) is 11.0 Å². The number of fused-ring (bicyclic) bond motifs is 1. The first-order valence-electron chi connectivity index (χ1n) is 10.0. The molecule has 0 saturated heterocycles. The normalized spacial score (nSPS) is 12.4. The van der Waals surface area contributed by atoms with Gasteiger partial charge in [-0.2, -0.15) is 0 Å². The van der Waals surface area contributed by atoms with Crippen LogP contribution in [0.1, 0.15) is 32.6 Å². The number of unbranched alkanes of at least 4 members (excludes halogenated alkanes) is 3. The number of aryl methyl sites for hydroxylation is 1. The van der Waals surface area contributed by atoms with E-state index >= 15 is 0 Å². The molecule has 1 atom stereocenters. The molecule has 0 radical (unpaired) electrons. The lowest BCUT2D eigenvalue weighted by molar-refractivity contribution is -0.665. The fourth-order valence-electron chi connectivity index (χ4n) is 3.48. The van der Waals surface area contributed by atoms with Crippen LogP contribution in [0, 0.1) is 0 Å². The molecule has 0 bridgehead atoms. The molecular weight excluding hydrogens is 409 g/mol. The van der Waals surface area contributed by atoms with Crippen molar-refractivity contribution in [1.29, 1.82) is 0 Å². The average molecular weight is 437 g/mol. The topological polar surface area (TPSA) is 64.3 Å². The zero-order valence-corrected chi connectivity index (χ0v) is 18.2. The third kappa shape index (κ3) is 5.35. The van der Waals surface area contributed by atoms with Crippen molar-refractivity contribution in [2.75, 3.05) is 12.3 Å². The number of nitrogens with zero attached hydrogens (tertiary/aromatic N) is 2. The number of nitrogen functional groups attached to an aromatic ring is 1. The molecule has 3 N–H and O–H groups in total. The molecule has 0 spiro atoms. The largest absolute Gasteiger partial charge is 0.489 e. The Morgan fingerprint density at radius 1 is 1.14 bits per heavy atom. The minimum atomic E-state index is -0.742. The van der Waals surface area contributed by atoms with Crippen molar-refractivity contribution in [3.05, 3.63) is 52.5 Å². The summed E-state index contributed by atoms with van der Waals surface area (Å²) in [6, 6.07) is 13.1. The summed E-state index contributed by atoms with van der Waals surface area (Å²) in [5.41, 5.74) is 8.55. The number of ether oxygens (including phenoxy) is 1. The second-order valence-corrected chi connectivity index (χ2v) is 8.05. The van der Waals surface area contributed by atoms with E-state index in [-0.39, 0.29) is 6.61 Å². The Balaban J connectivity index is 1.72. The molecule has 0 saturated carbocycles. The van der Waals surface area contributed by atoms with Crippen LogP contribution >= 0.6 is 23.2 Å². The van der Waals surface area contributed by atoms with Gasteiger partial charge >= 0.3 is 5.95 Å². The van der Waals surface area contributed by atoms with Crippen molar-refractivity contribution in [2.45, 2.75) is 51.8 Å². The van der Waals surface area contributed by atoms with E-state index in [1.54, 1.807) is 18.2 Å². The highest BCUT2D eigenvalue weighted by Crippen LogP contribution is 2.27. The van der Waals surface area contributed by atoms with Gasteiger partial charge in [0.2, 0.25) is 0 Å². The maximum absolute atomic E-state index is 10.6. The maximum Gasteiger partial charge on any atom is 0.356 e. The predicted octanol–water partition coefficient (Wildman–Crippen LogP) is 4.84. The maximum atomic E-state index is 10.6. The molecule has 29 heavy (non-hydrogen) atoms. The van der Waals surface area contributed by atoms with Gasteiger partial charge in [0, 0.05) is 5.02 Å². The number of hydrogen-bond donors (Lipinski definition) is 2. The molecule has 1 aromatic heterocycles. The van der Waals surface area contributed by atoms with Gasteiger partial charge in [-0.25, -0.2) is 9.13 Å². The van der Waals surface area contributed by atoms with E-state index in [9.17, 15) is 5.11 Å². The van der Waals surface area contributed by atoms with Gasteiger partial charge in [-0.1, -0.05) is 61.5 Å². The first-order valence-corrected chi connectivity index (χ1v) is 10.8. The van der Waals surface area contributed by atoms with E-state index in [2.05, 4.69) is 17.6 Å². The zero-order valence-electron chi connectivity index (χ0n) is 16.7. The van der Waals surface area contributed by atoms with E-state index in [1.807, 2.05) is 22.8 Å². The number of para-hydroxylation sites is 2. The summed E-state index contributed by atoms with van der Waals surface area (Å²) in [6.07, 6.45) is 3.94. The number of halogens is 2.